The summed E-state index contributed by atoms with van der Waals surface area (Å²) >= 11 is 0. The Kier molecular flexibility index (Phi) is 9.43. The molecule has 0 radical (unpaired) electrons. The molecule has 0 aromatic heterocycles. The predicted octanol–water partition coefficient (Wildman–Crippen LogP) is 2.00. The molecule has 1 aliphatic heterocycles. The minimum Gasteiger partial charge on any atom is -0.497 e. The van der Waals surface area contributed by atoms with Gasteiger partial charge in [-0.05, 0) is 48.0 Å². The van der Waals surface area contributed by atoms with Crippen molar-refractivity contribution in [2.45, 2.75) is 0 Å². The number of piperazine rings is 1. The van der Waals surface area contributed by atoms with Crippen LogP contribution in [0.1, 0.15) is 5.56 Å². The van der Waals surface area contributed by atoms with Crippen molar-refractivity contribution in [2.75, 3.05) is 71.8 Å². The lowest BCUT2D eigenvalue weighted by molar-refractivity contribution is -0.116. The van der Waals surface area contributed by atoms with Crippen LogP contribution in [0.15, 0.2) is 42.5 Å². The number of nitrogens with zero attached hydrogens (tertiary/aromatic N) is 2. The lowest BCUT2D eigenvalue weighted by Gasteiger charge is -2.35. The molecule has 0 atom stereocenters. The normalized spacial score (nSPS) is 14.5. The summed E-state index contributed by atoms with van der Waals surface area (Å²) in [6.45, 7) is 1.98. The maximum atomic E-state index is 12.8. The van der Waals surface area contributed by atoms with E-state index in [0.717, 1.165) is 11.4 Å². The zero-order valence-electron chi connectivity index (χ0n) is 21.0. The number of hydrogen-bond donors (Lipinski definition) is 1. The molecule has 1 amide bonds. The van der Waals surface area contributed by atoms with E-state index < -0.39 is 15.9 Å². The van der Waals surface area contributed by atoms with Crippen molar-refractivity contribution in [1.29, 1.82) is 0 Å². The van der Waals surface area contributed by atoms with Gasteiger partial charge in [0.1, 0.15) is 5.75 Å². The number of benzene rings is 2. The number of carbonyl (C=O) groups is 1. The lowest BCUT2D eigenvalue weighted by atomic mass is 10.1. The van der Waals surface area contributed by atoms with Crippen LogP contribution >= 0.6 is 0 Å². The van der Waals surface area contributed by atoms with Crippen molar-refractivity contribution in [3.63, 3.8) is 0 Å². The molecule has 1 saturated heterocycles. The Labute approximate surface area is 212 Å². The van der Waals surface area contributed by atoms with Crippen molar-refractivity contribution in [1.82, 2.24) is 9.62 Å². The number of sulfonamides is 1. The molecule has 11 heteroatoms. The van der Waals surface area contributed by atoms with E-state index in [0.29, 0.717) is 49.0 Å². The standard InChI is InChI=1S/C25H33N3O7S/c1-32-21-8-6-20(7-9-21)27-12-14-28(15-13-27)36(30,31)16-11-26-24(29)10-5-19-17-22(33-2)25(35-4)23(18-19)34-3/h5-10,17-18H,11-16H2,1-4H3,(H,26,29)/b10-5+. The molecular weight excluding hydrogens is 486 g/mol. The number of amides is 1. The number of nitrogens with one attached hydrogen (secondary N) is 1. The Bertz CT molecular complexity index is 1130. The number of rotatable bonds is 11. The van der Waals surface area contributed by atoms with Crippen LogP contribution < -0.4 is 29.2 Å². The molecule has 0 saturated carbocycles. The molecule has 1 heterocycles. The summed E-state index contributed by atoms with van der Waals surface area (Å²) in [6.07, 6.45) is 2.92. The average molecular weight is 520 g/mol. The third-order valence-corrected chi connectivity index (χ3v) is 7.72. The molecule has 0 spiro atoms. The van der Waals surface area contributed by atoms with Crippen molar-refractivity contribution in [3.8, 4) is 23.0 Å². The van der Waals surface area contributed by atoms with Gasteiger partial charge in [0.05, 0.1) is 34.2 Å². The van der Waals surface area contributed by atoms with Crippen LogP contribution in [0.5, 0.6) is 23.0 Å². The van der Waals surface area contributed by atoms with Gasteiger partial charge < -0.3 is 29.2 Å². The van der Waals surface area contributed by atoms with Gasteiger partial charge in [0.15, 0.2) is 11.5 Å². The topological polar surface area (TPSA) is 107 Å². The van der Waals surface area contributed by atoms with E-state index in [1.807, 2.05) is 24.3 Å². The second-order valence-corrected chi connectivity index (χ2v) is 10.1. The highest BCUT2D eigenvalue weighted by Crippen LogP contribution is 2.38. The molecule has 2 aromatic rings. The Balaban J connectivity index is 1.49. The molecule has 10 nitrogen and oxygen atoms in total. The second kappa shape index (κ2) is 12.5. The van der Waals surface area contributed by atoms with Gasteiger partial charge in [-0.2, -0.15) is 4.31 Å². The van der Waals surface area contributed by atoms with Crippen molar-refractivity contribution < 1.29 is 32.2 Å². The monoisotopic (exact) mass is 519 g/mol. The molecule has 36 heavy (non-hydrogen) atoms. The van der Waals surface area contributed by atoms with Crippen molar-refractivity contribution in [3.05, 3.63) is 48.0 Å². The number of carbonyl (C=O) groups excluding carboxylic acids is 1. The maximum Gasteiger partial charge on any atom is 0.244 e. The van der Waals surface area contributed by atoms with Gasteiger partial charge in [0.2, 0.25) is 21.7 Å². The van der Waals surface area contributed by atoms with Gasteiger partial charge in [0, 0.05) is 44.5 Å². The quantitative estimate of drug-likeness (QED) is 0.450. The van der Waals surface area contributed by atoms with Gasteiger partial charge in [-0.25, -0.2) is 8.42 Å². The predicted molar refractivity (Wildman–Crippen MR) is 139 cm³/mol. The molecule has 196 valence electrons. The molecule has 1 aliphatic rings. The largest absolute Gasteiger partial charge is 0.497 e. The first kappa shape index (κ1) is 27.2. The fourth-order valence-corrected chi connectivity index (χ4v) is 5.22. The van der Waals surface area contributed by atoms with Crippen molar-refractivity contribution in [2.24, 2.45) is 0 Å². The smallest absolute Gasteiger partial charge is 0.244 e. The van der Waals surface area contributed by atoms with Gasteiger partial charge in [-0.1, -0.05) is 0 Å². The van der Waals surface area contributed by atoms with E-state index >= 15 is 0 Å². The fraction of sp³-hybridized carbons (Fsp3) is 0.400. The number of hydrogen-bond acceptors (Lipinski definition) is 8. The third-order valence-electron chi connectivity index (χ3n) is 5.84. The summed E-state index contributed by atoms with van der Waals surface area (Å²) in [5.74, 6) is 1.60. The molecule has 3 rings (SSSR count). The van der Waals surface area contributed by atoms with E-state index in [1.165, 1.54) is 31.7 Å². The Hall–Kier alpha value is -3.44. The van der Waals surface area contributed by atoms with Crippen LogP contribution in [0.3, 0.4) is 0 Å². The summed E-state index contributed by atoms with van der Waals surface area (Å²) in [7, 11) is 2.66. The summed E-state index contributed by atoms with van der Waals surface area (Å²) < 4.78 is 48.1. The first-order valence-electron chi connectivity index (χ1n) is 11.4. The number of methoxy groups -OCH3 is 4. The number of anilines is 1. The van der Waals surface area contributed by atoms with Gasteiger partial charge >= 0.3 is 0 Å². The minimum atomic E-state index is -3.49. The average Bonchev–Trinajstić information content (AvgIpc) is 2.91. The van der Waals surface area contributed by atoms with Crippen LogP contribution in [-0.2, 0) is 14.8 Å². The molecule has 0 unspecified atom stereocenters. The van der Waals surface area contributed by atoms with Crippen LogP contribution in [0, 0.1) is 0 Å². The molecule has 1 N–H and O–H groups in total. The SMILES string of the molecule is COc1ccc(N2CCN(S(=O)(=O)CCNC(=O)/C=C/c3cc(OC)c(OC)c(OC)c3)CC2)cc1. The lowest BCUT2D eigenvalue weighted by Crippen LogP contribution is -2.50. The Morgan fingerprint density at radius 3 is 2.06 bits per heavy atom. The second-order valence-electron chi connectivity index (χ2n) is 7.98. The summed E-state index contributed by atoms with van der Waals surface area (Å²) in [4.78, 5) is 14.4. The molecule has 2 aromatic carbocycles. The summed E-state index contributed by atoms with van der Waals surface area (Å²) in [5, 5.41) is 2.63. The highest BCUT2D eigenvalue weighted by atomic mass is 32.2. The third kappa shape index (κ3) is 6.82. The van der Waals surface area contributed by atoms with Crippen LogP contribution in [0.2, 0.25) is 0 Å². The first-order valence-corrected chi connectivity index (χ1v) is 13.0. The summed E-state index contributed by atoms with van der Waals surface area (Å²) in [6, 6.07) is 11.1. The van der Waals surface area contributed by atoms with Gasteiger partial charge in [-0.3, -0.25) is 4.79 Å². The molecule has 0 aliphatic carbocycles. The van der Waals surface area contributed by atoms with E-state index in [4.69, 9.17) is 18.9 Å². The summed E-state index contributed by atoms with van der Waals surface area (Å²) in [5.41, 5.74) is 1.70. The Morgan fingerprint density at radius 2 is 1.53 bits per heavy atom. The van der Waals surface area contributed by atoms with E-state index in [9.17, 15) is 13.2 Å². The zero-order valence-corrected chi connectivity index (χ0v) is 21.8. The van der Waals surface area contributed by atoms with E-state index in [1.54, 1.807) is 25.3 Å². The fourth-order valence-electron chi connectivity index (χ4n) is 3.88. The van der Waals surface area contributed by atoms with Crippen molar-refractivity contribution >= 4 is 27.7 Å². The zero-order chi connectivity index (χ0) is 26.1. The highest BCUT2D eigenvalue weighted by molar-refractivity contribution is 7.89. The van der Waals surface area contributed by atoms with Gasteiger partial charge in [0.25, 0.3) is 0 Å². The van der Waals surface area contributed by atoms with Gasteiger partial charge in [-0.15, -0.1) is 0 Å². The van der Waals surface area contributed by atoms with E-state index in [2.05, 4.69) is 10.2 Å². The highest BCUT2D eigenvalue weighted by Gasteiger charge is 2.26. The molecule has 1 fully saturated rings. The van der Waals surface area contributed by atoms with Crippen LogP contribution in [-0.4, -0.2) is 85.5 Å². The first-order chi connectivity index (χ1) is 17.3. The van der Waals surface area contributed by atoms with Crippen LogP contribution in [0.25, 0.3) is 6.08 Å². The molecular formula is C25H33N3O7S. The van der Waals surface area contributed by atoms with E-state index in [-0.39, 0.29) is 12.3 Å². The maximum absolute atomic E-state index is 12.8. The minimum absolute atomic E-state index is 0.0133. The number of ether oxygens (including phenoxy) is 4. The Morgan fingerprint density at radius 1 is 0.917 bits per heavy atom. The van der Waals surface area contributed by atoms with Crippen LogP contribution in [0.4, 0.5) is 5.69 Å². The molecule has 0 bridgehead atoms.